The number of hydrogen-bond acceptors (Lipinski definition) is 4. The number of anilines is 2. The molecule has 0 spiro atoms. The van der Waals surface area contributed by atoms with E-state index in [1.165, 1.54) is 0 Å². The molecule has 1 unspecified atom stereocenters. The van der Waals surface area contributed by atoms with Crippen molar-refractivity contribution in [2.75, 3.05) is 22.6 Å². The maximum absolute atomic E-state index is 12.6. The second-order valence-electron chi connectivity index (χ2n) is 4.19. The van der Waals surface area contributed by atoms with Gasteiger partial charge in [0, 0.05) is 6.04 Å². The van der Waals surface area contributed by atoms with E-state index < -0.39 is 11.7 Å². The minimum absolute atomic E-state index is 0.0504. The predicted molar refractivity (Wildman–Crippen MR) is 74.4 cm³/mol. The Labute approximate surface area is 115 Å². The van der Waals surface area contributed by atoms with Crippen molar-refractivity contribution in [1.29, 1.82) is 0 Å². The molecule has 1 atom stereocenters. The van der Waals surface area contributed by atoms with Crippen molar-refractivity contribution >= 4 is 23.4 Å². The van der Waals surface area contributed by atoms with E-state index in [4.69, 9.17) is 5.73 Å². The molecule has 19 heavy (non-hydrogen) atoms. The van der Waals surface area contributed by atoms with Crippen LogP contribution in [-0.4, -0.2) is 22.5 Å². The summed E-state index contributed by atoms with van der Waals surface area (Å²) in [6, 6.07) is 1.87. The summed E-state index contributed by atoms with van der Waals surface area (Å²) in [7, 11) is 0. The third kappa shape index (κ3) is 5.59. The van der Waals surface area contributed by atoms with Gasteiger partial charge < -0.3 is 11.1 Å². The summed E-state index contributed by atoms with van der Waals surface area (Å²) in [5, 5.41) is 2.95. The molecule has 3 nitrogen and oxygen atoms in total. The number of thioether (sulfide) groups is 1. The molecule has 0 amide bonds. The van der Waals surface area contributed by atoms with Crippen LogP contribution in [0.2, 0.25) is 0 Å². The summed E-state index contributed by atoms with van der Waals surface area (Å²) in [5.74, 6) is 2.02. The molecule has 108 valence electrons. The first-order valence-corrected chi connectivity index (χ1v) is 7.17. The molecule has 0 saturated heterocycles. The Morgan fingerprint density at radius 2 is 2.11 bits per heavy atom. The minimum Gasteiger partial charge on any atom is -0.384 e. The summed E-state index contributed by atoms with van der Waals surface area (Å²) in [5.41, 5.74) is 4.62. The maximum atomic E-state index is 12.6. The van der Waals surface area contributed by atoms with Gasteiger partial charge in [-0.05, 0) is 37.0 Å². The highest BCUT2D eigenvalue weighted by Crippen LogP contribution is 2.31. The topological polar surface area (TPSA) is 50.9 Å². The number of alkyl halides is 3. The lowest BCUT2D eigenvalue weighted by Crippen LogP contribution is -2.18. The molecule has 0 aliphatic carbocycles. The zero-order valence-electron chi connectivity index (χ0n) is 10.9. The van der Waals surface area contributed by atoms with Gasteiger partial charge in [0.2, 0.25) is 0 Å². The van der Waals surface area contributed by atoms with E-state index in [1.54, 1.807) is 11.8 Å². The average Bonchev–Trinajstić information content (AvgIpc) is 2.27. The van der Waals surface area contributed by atoms with Crippen molar-refractivity contribution in [2.45, 2.75) is 32.5 Å². The van der Waals surface area contributed by atoms with Crippen LogP contribution in [-0.2, 0) is 6.18 Å². The Morgan fingerprint density at radius 1 is 1.42 bits per heavy atom. The highest BCUT2D eigenvalue weighted by molar-refractivity contribution is 7.99. The number of hydrogen-bond donors (Lipinski definition) is 2. The molecule has 0 saturated carbocycles. The largest absolute Gasteiger partial charge is 0.416 e. The normalized spacial score (nSPS) is 13.3. The van der Waals surface area contributed by atoms with Gasteiger partial charge >= 0.3 is 6.18 Å². The molecule has 0 aliphatic rings. The molecule has 1 heterocycles. The van der Waals surface area contributed by atoms with Crippen molar-refractivity contribution in [3.8, 4) is 0 Å². The van der Waals surface area contributed by atoms with Gasteiger partial charge in [0.15, 0.2) is 0 Å². The lowest BCUT2D eigenvalue weighted by atomic mass is 10.2. The van der Waals surface area contributed by atoms with Crippen molar-refractivity contribution in [2.24, 2.45) is 0 Å². The van der Waals surface area contributed by atoms with Crippen LogP contribution < -0.4 is 11.1 Å². The van der Waals surface area contributed by atoms with Crippen molar-refractivity contribution in [3.05, 3.63) is 17.7 Å². The average molecular weight is 293 g/mol. The van der Waals surface area contributed by atoms with Gasteiger partial charge in [-0.1, -0.05) is 6.92 Å². The number of aromatic nitrogens is 1. The SMILES string of the molecule is CCSCCC(C)Nc1cc(C(F)(F)F)cc(N)n1. The quantitative estimate of drug-likeness (QED) is 0.786. The highest BCUT2D eigenvalue weighted by Gasteiger charge is 2.31. The highest BCUT2D eigenvalue weighted by atomic mass is 32.2. The van der Waals surface area contributed by atoms with Gasteiger partial charge in [-0.2, -0.15) is 24.9 Å². The molecule has 0 radical (unpaired) electrons. The van der Waals surface area contributed by atoms with Gasteiger partial charge in [-0.3, -0.25) is 0 Å². The summed E-state index contributed by atoms with van der Waals surface area (Å²) in [4.78, 5) is 3.88. The molecule has 3 N–H and O–H groups in total. The number of nitrogens with zero attached hydrogens (tertiary/aromatic N) is 1. The number of nitrogen functional groups attached to an aromatic ring is 1. The molecule has 0 fully saturated rings. The first-order valence-electron chi connectivity index (χ1n) is 6.02. The van der Waals surface area contributed by atoms with Crippen LogP contribution in [0.3, 0.4) is 0 Å². The zero-order valence-corrected chi connectivity index (χ0v) is 11.7. The zero-order chi connectivity index (χ0) is 14.5. The lowest BCUT2D eigenvalue weighted by Gasteiger charge is -2.16. The number of nitrogens with one attached hydrogen (secondary N) is 1. The molecule has 0 bridgehead atoms. The molecule has 7 heteroatoms. The van der Waals surface area contributed by atoms with Gasteiger partial charge in [0.05, 0.1) is 5.56 Å². The van der Waals surface area contributed by atoms with Crippen LogP contribution in [0, 0.1) is 0 Å². The van der Waals surface area contributed by atoms with Crippen LogP contribution in [0.15, 0.2) is 12.1 Å². The van der Waals surface area contributed by atoms with Crippen LogP contribution in [0.25, 0.3) is 0 Å². The van der Waals surface area contributed by atoms with Crippen LogP contribution in [0.1, 0.15) is 25.8 Å². The Bertz CT molecular complexity index is 410. The Kier molecular flexibility index (Phi) is 5.78. The number of nitrogens with two attached hydrogens (primary N) is 1. The monoisotopic (exact) mass is 293 g/mol. The van der Waals surface area contributed by atoms with E-state index >= 15 is 0 Å². The Hall–Kier alpha value is -1.11. The second-order valence-corrected chi connectivity index (χ2v) is 5.59. The third-order valence-electron chi connectivity index (χ3n) is 2.47. The number of halogens is 3. The first-order chi connectivity index (χ1) is 8.82. The third-order valence-corrected chi connectivity index (χ3v) is 3.40. The van der Waals surface area contributed by atoms with E-state index in [0.29, 0.717) is 0 Å². The molecule has 0 aliphatic heterocycles. The predicted octanol–water partition coefficient (Wildman–Crippen LogP) is 3.63. The molecule has 1 aromatic heterocycles. The van der Waals surface area contributed by atoms with Crippen molar-refractivity contribution < 1.29 is 13.2 Å². The van der Waals surface area contributed by atoms with E-state index in [0.717, 1.165) is 30.1 Å². The number of pyridine rings is 1. The van der Waals surface area contributed by atoms with E-state index in [9.17, 15) is 13.2 Å². The van der Waals surface area contributed by atoms with E-state index in [1.807, 2.05) is 6.92 Å². The van der Waals surface area contributed by atoms with Crippen molar-refractivity contribution in [3.63, 3.8) is 0 Å². The fraction of sp³-hybridized carbons (Fsp3) is 0.583. The molecule has 1 aromatic rings. The standard InChI is InChI=1S/C12H18F3N3S/c1-3-19-5-4-8(2)17-11-7-9(12(13,14)15)6-10(16)18-11/h6-8H,3-5H2,1-2H3,(H3,16,17,18). The fourth-order valence-corrected chi connectivity index (χ4v) is 2.33. The van der Waals surface area contributed by atoms with Gasteiger partial charge in [-0.25, -0.2) is 4.98 Å². The summed E-state index contributed by atoms with van der Waals surface area (Å²) in [6.07, 6.45) is -3.55. The van der Waals surface area contributed by atoms with Crippen LogP contribution >= 0.6 is 11.8 Å². The Morgan fingerprint density at radius 3 is 2.68 bits per heavy atom. The summed E-state index contributed by atoms with van der Waals surface area (Å²) in [6.45, 7) is 3.98. The Balaban J connectivity index is 2.70. The van der Waals surface area contributed by atoms with E-state index in [2.05, 4.69) is 17.2 Å². The minimum atomic E-state index is -4.41. The fourth-order valence-electron chi connectivity index (χ4n) is 1.52. The smallest absolute Gasteiger partial charge is 0.384 e. The van der Waals surface area contributed by atoms with Crippen LogP contribution in [0.4, 0.5) is 24.8 Å². The summed E-state index contributed by atoms with van der Waals surface area (Å²) < 4.78 is 37.9. The molecule has 0 aromatic carbocycles. The lowest BCUT2D eigenvalue weighted by molar-refractivity contribution is -0.137. The summed E-state index contributed by atoms with van der Waals surface area (Å²) >= 11 is 1.79. The van der Waals surface area contributed by atoms with Crippen LogP contribution in [0.5, 0.6) is 0 Å². The first kappa shape index (κ1) is 15.9. The van der Waals surface area contributed by atoms with Gasteiger partial charge in [-0.15, -0.1) is 0 Å². The molecular weight excluding hydrogens is 275 g/mol. The van der Waals surface area contributed by atoms with Gasteiger partial charge in [0.25, 0.3) is 0 Å². The van der Waals surface area contributed by atoms with Gasteiger partial charge in [0.1, 0.15) is 11.6 Å². The molecule has 1 rings (SSSR count). The van der Waals surface area contributed by atoms with Crippen molar-refractivity contribution in [1.82, 2.24) is 4.98 Å². The maximum Gasteiger partial charge on any atom is 0.416 e. The second kappa shape index (κ2) is 6.88. The number of rotatable bonds is 6. The molecular formula is C12H18F3N3S. The van der Waals surface area contributed by atoms with E-state index in [-0.39, 0.29) is 17.7 Å².